The predicted octanol–water partition coefficient (Wildman–Crippen LogP) is 2.66. The summed E-state index contributed by atoms with van der Waals surface area (Å²) in [6.45, 7) is 5.71. The van der Waals surface area contributed by atoms with Crippen molar-refractivity contribution in [3.8, 4) is 0 Å². The Morgan fingerprint density at radius 1 is 1.48 bits per heavy atom. The van der Waals surface area contributed by atoms with E-state index in [0.717, 1.165) is 30.1 Å². The van der Waals surface area contributed by atoms with Gasteiger partial charge in [0.05, 0.1) is 16.3 Å². The molecule has 1 atom stereocenters. The average Bonchev–Trinajstić information content (AvgIpc) is 3.05. The van der Waals surface area contributed by atoms with Gasteiger partial charge in [0.2, 0.25) is 0 Å². The molecule has 23 heavy (non-hydrogen) atoms. The van der Waals surface area contributed by atoms with Gasteiger partial charge in [0.15, 0.2) is 0 Å². The minimum atomic E-state index is -0.0894. The van der Waals surface area contributed by atoms with Crippen molar-refractivity contribution in [2.24, 2.45) is 0 Å². The molecular weight excluding hydrogens is 310 g/mol. The normalized spacial score (nSPS) is 18.4. The van der Waals surface area contributed by atoms with Crippen LogP contribution in [-0.2, 0) is 0 Å². The third-order valence-electron chi connectivity index (χ3n) is 4.16. The van der Waals surface area contributed by atoms with Crippen molar-refractivity contribution in [2.45, 2.75) is 38.5 Å². The van der Waals surface area contributed by atoms with Crippen LogP contribution in [0.3, 0.4) is 0 Å². The molecule has 2 aromatic heterocycles. The second-order valence-electron chi connectivity index (χ2n) is 6.18. The number of aromatic nitrogens is 3. The number of rotatable bonds is 3. The molecule has 2 aromatic rings. The SMILES string of the molecule is CC(C)c1csc([C@H]2CCCN(C(=O)c3cncnc3N)C2)n1. The molecule has 6 nitrogen and oxygen atoms in total. The Kier molecular flexibility index (Phi) is 4.56. The minimum Gasteiger partial charge on any atom is -0.383 e. The molecule has 0 radical (unpaired) electrons. The number of carbonyl (C=O) groups excluding carboxylic acids is 1. The fourth-order valence-electron chi connectivity index (χ4n) is 2.79. The maximum atomic E-state index is 12.7. The topological polar surface area (TPSA) is 85.0 Å². The Labute approximate surface area is 139 Å². The van der Waals surface area contributed by atoms with Crippen LogP contribution in [0.4, 0.5) is 5.82 Å². The van der Waals surface area contributed by atoms with Crippen LogP contribution in [0, 0.1) is 0 Å². The van der Waals surface area contributed by atoms with Crippen LogP contribution < -0.4 is 5.73 Å². The zero-order valence-electron chi connectivity index (χ0n) is 13.4. The Morgan fingerprint density at radius 3 is 3.00 bits per heavy atom. The van der Waals surface area contributed by atoms with Gasteiger partial charge in [0.25, 0.3) is 5.91 Å². The maximum absolute atomic E-state index is 12.7. The van der Waals surface area contributed by atoms with Gasteiger partial charge in [-0.2, -0.15) is 0 Å². The lowest BCUT2D eigenvalue weighted by Crippen LogP contribution is -2.39. The summed E-state index contributed by atoms with van der Waals surface area (Å²) in [4.78, 5) is 27.1. The van der Waals surface area contributed by atoms with Gasteiger partial charge in [0, 0.05) is 30.6 Å². The molecule has 0 unspecified atom stereocenters. The first-order valence-corrected chi connectivity index (χ1v) is 8.74. The van der Waals surface area contributed by atoms with Crippen LogP contribution in [0.25, 0.3) is 0 Å². The van der Waals surface area contributed by atoms with E-state index in [1.54, 1.807) is 11.3 Å². The molecule has 1 fully saturated rings. The molecule has 1 aliphatic rings. The summed E-state index contributed by atoms with van der Waals surface area (Å²) >= 11 is 1.70. The summed E-state index contributed by atoms with van der Waals surface area (Å²) in [6, 6.07) is 0. The van der Waals surface area contributed by atoms with Crippen molar-refractivity contribution >= 4 is 23.1 Å². The van der Waals surface area contributed by atoms with E-state index in [-0.39, 0.29) is 11.7 Å². The molecule has 1 amide bonds. The van der Waals surface area contributed by atoms with Gasteiger partial charge in [-0.25, -0.2) is 15.0 Å². The molecule has 122 valence electrons. The largest absolute Gasteiger partial charge is 0.383 e. The Bertz CT molecular complexity index is 699. The molecule has 3 heterocycles. The third-order valence-corrected chi connectivity index (χ3v) is 5.19. The third kappa shape index (κ3) is 3.34. The number of amides is 1. The van der Waals surface area contributed by atoms with Crippen LogP contribution in [0.1, 0.15) is 59.6 Å². The van der Waals surface area contributed by atoms with E-state index >= 15 is 0 Å². The first-order chi connectivity index (χ1) is 11.1. The van der Waals surface area contributed by atoms with Crippen molar-refractivity contribution in [2.75, 3.05) is 18.8 Å². The number of thiazole rings is 1. The molecule has 1 saturated heterocycles. The number of anilines is 1. The van der Waals surface area contributed by atoms with E-state index in [9.17, 15) is 4.79 Å². The maximum Gasteiger partial charge on any atom is 0.259 e. The number of nitrogens with two attached hydrogens (primary N) is 1. The Balaban J connectivity index is 1.75. The number of piperidine rings is 1. The molecule has 0 spiro atoms. The van der Waals surface area contributed by atoms with Gasteiger partial charge < -0.3 is 10.6 Å². The monoisotopic (exact) mass is 331 g/mol. The van der Waals surface area contributed by atoms with Crippen molar-refractivity contribution in [3.63, 3.8) is 0 Å². The van der Waals surface area contributed by atoms with Gasteiger partial charge >= 0.3 is 0 Å². The van der Waals surface area contributed by atoms with E-state index in [0.29, 0.717) is 23.9 Å². The second kappa shape index (κ2) is 6.62. The highest BCUT2D eigenvalue weighted by Crippen LogP contribution is 2.31. The number of hydrogen-bond donors (Lipinski definition) is 1. The molecule has 1 aliphatic heterocycles. The quantitative estimate of drug-likeness (QED) is 0.934. The first kappa shape index (κ1) is 15.9. The van der Waals surface area contributed by atoms with Crippen molar-refractivity contribution in [1.29, 1.82) is 0 Å². The smallest absolute Gasteiger partial charge is 0.259 e. The zero-order valence-corrected chi connectivity index (χ0v) is 14.2. The first-order valence-electron chi connectivity index (χ1n) is 7.86. The number of likely N-dealkylation sites (tertiary alicyclic amines) is 1. The summed E-state index contributed by atoms with van der Waals surface area (Å²) in [7, 11) is 0. The fourth-order valence-corrected chi connectivity index (χ4v) is 3.90. The van der Waals surface area contributed by atoms with Crippen molar-refractivity contribution in [3.05, 3.63) is 34.2 Å². The molecule has 2 N–H and O–H groups in total. The lowest BCUT2D eigenvalue weighted by atomic mass is 9.98. The fraction of sp³-hybridized carbons (Fsp3) is 0.500. The standard InChI is InChI=1S/C16H21N5OS/c1-10(2)13-8-23-15(20-13)11-4-3-5-21(7-11)16(22)12-6-18-9-19-14(12)17/h6,8-11H,3-5,7H2,1-2H3,(H2,17,18,19)/t11-/m0/s1. The molecule has 3 rings (SSSR count). The van der Waals surface area contributed by atoms with Crippen molar-refractivity contribution < 1.29 is 4.79 Å². The summed E-state index contributed by atoms with van der Waals surface area (Å²) in [5.74, 6) is 0.885. The van der Waals surface area contributed by atoms with E-state index in [1.807, 2.05) is 4.90 Å². The van der Waals surface area contributed by atoms with Crippen LogP contribution in [0.2, 0.25) is 0 Å². The summed E-state index contributed by atoms with van der Waals surface area (Å²) < 4.78 is 0. The summed E-state index contributed by atoms with van der Waals surface area (Å²) in [5.41, 5.74) is 7.32. The van der Waals surface area contributed by atoms with Crippen LogP contribution >= 0.6 is 11.3 Å². The lowest BCUT2D eigenvalue weighted by Gasteiger charge is -2.32. The Morgan fingerprint density at radius 2 is 2.30 bits per heavy atom. The molecule has 0 aliphatic carbocycles. The predicted molar refractivity (Wildman–Crippen MR) is 90.5 cm³/mol. The molecule has 7 heteroatoms. The number of nitrogen functional groups attached to an aromatic ring is 1. The second-order valence-corrected chi connectivity index (χ2v) is 7.07. The lowest BCUT2D eigenvalue weighted by molar-refractivity contribution is 0.0707. The van der Waals surface area contributed by atoms with E-state index in [2.05, 4.69) is 29.2 Å². The molecule has 0 aromatic carbocycles. The average molecular weight is 331 g/mol. The number of carbonyl (C=O) groups is 1. The van der Waals surface area contributed by atoms with E-state index < -0.39 is 0 Å². The number of hydrogen-bond acceptors (Lipinski definition) is 6. The van der Waals surface area contributed by atoms with E-state index in [4.69, 9.17) is 10.7 Å². The van der Waals surface area contributed by atoms with Gasteiger partial charge in [0.1, 0.15) is 12.1 Å². The molecule has 0 bridgehead atoms. The van der Waals surface area contributed by atoms with Crippen LogP contribution in [-0.4, -0.2) is 38.8 Å². The number of nitrogens with zero attached hydrogens (tertiary/aromatic N) is 4. The van der Waals surface area contributed by atoms with Gasteiger partial charge in [-0.3, -0.25) is 4.79 Å². The van der Waals surface area contributed by atoms with E-state index in [1.165, 1.54) is 12.5 Å². The highest BCUT2D eigenvalue weighted by Gasteiger charge is 2.28. The van der Waals surface area contributed by atoms with Crippen molar-refractivity contribution in [1.82, 2.24) is 19.9 Å². The summed E-state index contributed by atoms with van der Waals surface area (Å²) in [5, 5.41) is 3.26. The molecule has 0 saturated carbocycles. The van der Waals surface area contributed by atoms with Gasteiger partial charge in [-0.1, -0.05) is 13.8 Å². The summed E-state index contributed by atoms with van der Waals surface area (Å²) in [6.07, 6.45) is 4.89. The highest BCUT2D eigenvalue weighted by atomic mass is 32.1. The van der Waals surface area contributed by atoms with Crippen LogP contribution in [0.5, 0.6) is 0 Å². The Hall–Kier alpha value is -2.02. The van der Waals surface area contributed by atoms with Gasteiger partial charge in [-0.15, -0.1) is 11.3 Å². The minimum absolute atomic E-state index is 0.0894. The van der Waals surface area contributed by atoms with Crippen LogP contribution in [0.15, 0.2) is 17.9 Å². The van der Waals surface area contributed by atoms with Gasteiger partial charge in [-0.05, 0) is 18.8 Å². The highest BCUT2D eigenvalue weighted by molar-refractivity contribution is 7.09. The molecular formula is C16H21N5OS. The zero-order chi connectivity index (χ0) is 16.4.